The lowest BCUT2D eigenvalue weighted by molar-refractivity contribution is -0.122. The summed E-state index contributed by atoms with van der Waals surface area (Å²) in [5, 5.41) is 2.80. The maximum Gasteiger partial charge on any atom is 0.295 e. The summed E-state index contributed by atoms with van der Waals surface area (Å²) in [6, 6.07) is 15.1. The van der Waals surface area contributed by atoms with Gasteiger partial charge in [0, 0.05) is 25.7 Å². The lowest BCUT2D eigenvalue weighted by Crippen LogP contribution is -2.30. The van der Waals surface area contributed by atoms with Crippen molar-refractivity contribution in [1.29, 1.82) is 0 Å². The van der Waals surface area contributed by atoms with E-state index in [-0.39, 0.29) is 29.5 Å². The second-order valence-corrected chi connectivity index (χ2v) is 8.05. The van der Waals surface area contributed by atoms with E-state index in [4.69, 9.17) is 0 Å². The van der Waals surface area contributed by atoms with Crippen molar-refractivity contribution in [3.63, 3.8) is 0 Å². The smallest absolute Gasteiger partial charge is 0.295 e. The fourth-order valence-electron chi connectivity index (χ4n) is 4.08. The Morgan fingerprint density at radius 1 is 1.00 bits per heavy atom. The number of anilines is 2. The Bertz CT molecular complexity index is 1220. The molecule has 0 radical (unpaired) electrons. The molecule has 1 N–H and O–H groups in total. The van der Waals surface area contributed by atoms with Gasteiger partial charge in [0.05, 0.1) is 17.3 Å². The maximum absolute atomic E-state index is 13.0. The Labute approximate surface area is 180 Å². The van der Waals surface area contributed by atoms with Crippen LogP contribution in [0.3, 0.4) is 0 Å². The molecule has 160 valence electrons. The molecule has 1 aromatic heterocycles. The Hall–Kier alpha value is -3.61. The van der Waals surface area contributed by atoms with Crippen LogP contribution in [0.15, 0.2) is 53.3 Å². The molecule has 3 aromatic rings. The zero-order valence-corrected chi connectivity index (χ0v) is 18.2. The number of hydrogen-bond donors (Lipinski definition) is 1. The van der Waals surface area contributed by atoms with Crippen molar-refractivity contribution in [2.45, 2.75) is 27.2 Å². The van der Waals surface area contributed by atoms with Crippen LogP contribution >= 0.6 is 0 Å². The summed E-state index contributed by atoms with van der Waals surface area (Å²) in [5.74, 6) is -0.913. The van der Waals surface area contributed by atoms with Gasteiger partial charge >= 0.3 is 0 Å². The number of amides is 2. The van der Waals surface area contributed by atoms with Crippen molar-refractivity contribution in [2.24, 2.45) is 13.0 Å². The number of nitrogens with zero attached hydrogens (tertiary/aromatic N) is 3. The molecule has 0 aliphatic carbocycles. The standard InChI is InChI=1S/C24H26N4O3/c1-15-9-8-12-20(16(15)2)27-14-18(13-21(27)29)23(30)25-22-17(3)26(4)28(24(22)31)19-10-6-5-7-11-19/h5-12,18H,13-14H2,1-4H3,(H,25,30). The van der Waals surface area contributed by atoms with Gasteiger partial charge in [-0.05, 0) is 50.1 Å². The Morgan fingerprint density at radius 3 is 2.42 bits per heavy atom. The molecule has 7 heteroatoms. The van der Waals surface area contributed by atoms with Crippen molar-refractivity contribution in [2.75, 3.05) is 16.8 Å². The second kappa shape index (κ2) is 7.91. The van der Waals surface area contributed by atoms with Gasteiger partial charge in [0.15, 0.2) is 0 Å². The van der Waals surface area contributed by atoms with Crippen LogP contribution in [0.2, 0.25) is 0 Å². The van der Waals surface area contributed by atoms with Gasteiger partial charge in [-0.25, -0.2) is 4.68 Å². The summed E-state index contributed by atoms with van der Waals surface area (Å²) in [4.78, 5) is 40.4. The van der Waals surface area contributed by atoms with Gasteiger partial charge < -0.3 is 10.2 Å². The number of carbonyl (C=O) groups excluding carboxylic acids is 2. The van der Waals surface area contributed by atoms with Gasteiger partial charge in [-0.3, -0.25) is 19.1 Å². The first-order valence-electron chi connectivity index (χ1n) is 10.3. The molecule has 0 saturated carbocycles. The Morgan fingerprint density at radius 2 is 1.71 bits per heavy atom. The van der Waals surface area contributed by atoms with Gasteiger partial charge in [-0.15, -0.1) is 0 Å². The third-order valence-corrected chi connectivity index (χ3v) is 6.17. The number of para-hydroxylation sites is 1. The SMILES string of the molecule is Cc1cccc(N2CC(C(=O)Nc3c(C)n(C)n(-c4ccccc4)c3=O)CC2=O)c1C. The minimum absolute atomic E-state index is 0.0830. The van der Waals surface area contributed by atoms with Crippen LogP contribution in [0, 0.1) is 26.7 Å². The summed E-state index contributed by atoms with van der Waals surface area (Å²) in [6.07, 6.45) is 0.123. The van der Waals surface area contributed by atoms with Crippen molar-refractivity contribution in [3.8, 4) is 5.69 Å². The predicted octanol–water partition coefficient (Wildman–Crippen LogP) is 3.09. The van der Waals surface area contributed by atoms with Gasteiger partial charge in [0.2, 0.25) is 11.8 Å². The van der Waals surface area contributed by atoms with E-state index in [0.29, 0.717) is 12.2 Å². The third kappa shape index (κ3) is 3.56. The van der Waals surface area contributed by atoms with Crippen LogP contribution in [-0.2, 0) is 16.6 Å². The second-order valence-electron chi connectivity index (χ2n) is 8.05. The van der Waals surface area contributed by atoms with E-state index in [1.54, 1.807) is 23.6 Å². The van der Waals surface area contributed by atoms with E-state index in [2.05, 4.69) is 5.32 Å². The number of aromatic nitrogens is 2. The molecule has 2 heterocycles. The molecule has 1 atom stereocenters. The van der Waals surface area contributed by atoms with Gasteiger partial charge in [0.1, 0.15) is 5.69 Å². The topological polar surface area (TPSA) is 76.3 Å². The highest BCUT2D eigenvalue weighted by Crippen LogP contribution is 2.30. The highest BCUT2D eigenvalue weighted by molar-refractivity contribution is 6.04. The Balaban J connectivity index is 1.58. The summed E-state index contributed by atoms with van der Waals surface area (Å²) < 4.78 is 3.24. The zero-order valence-electron chi connectivity index (χ0n) is 18.2. The molecule has 4 rings (SSSR count). The average Bonchev–Trinajstić information content (AvgIpc) is 3.24. The lowest BCUT2D eigenvalue weighted by Gasteiger charge is -2.20. The molecule has 0 bridgehead atoms. The van der Waals surface area contributed by atoms with Crippen LogP contribution < -0.4 is 15.8 Å². The summed E-state index contributed by atoms with van der Waals surface area (Å²) in [5.41, 5.74) is 4.28. The molecule has 2 amide bonds. The van der Waals surface area contributed by atoms with Crippen LogP contribution in [-0.4, -0.2) is 27.7 Å². The molecule has 0 spiro atoms. The quantitative estimate of drug-likeness (QED) is 0.707. The highest BCUT2D eigenvalue weighted by Gasteiger charge is 2.36. The number of carbonyl (C=O) groups is 2. The van der Waals surface area contributed by atoms with Gasteiger partial charge in [-0.2, -0.15) is 0 Å². The molecule has 1 saturated heterocycles. The number of aryl methyl sites for hydroxylation is 1. The first-order valence-corrected chi connectivity index (χ1v) is 10.3. The molecular weight excluding hydrogens is 392 g/mol. The van der Waals surface area contributed by atoms with E-state index in [1.165, 1.54) is 4.68 Å². The van der Waals surface area contributed by atoms with Crippen LogP contribution in [0.1, 0.15) is 23.2 Å². The molecule has 1 aliphatic heterocycles. The lowest BCUT2D eigenvalue weighted by atomic mass is 10.1. The number of hydrogen-bond acceptors (Lipinski definition) is 3. The monoisotopic (exact) mass is 418 g/mol. The predicted molar refractivity (Wildman–Crippen MR) is 121 cm³/mol. The molecule has 2 aromatic carbocycles. The van der Waals surface area contributed by atoms with Crippen LogP contribution in [0.25, 0.3) is 5.69 Å². The van der Waals surface area contributed by atoms with Gasteiger partial charge in [-0.1, -0.05) is 30.3 Å². The van der Waals surface area contributed by atoms with Crippen molar-refractivity contribution in [3.05, 3.63) is 75.7 Å². The molecule has 31 heavy (non-hydrogen) atoms. The average molecular weight is 418 g/mol. The minimum Gasteiger partial charge on any atom is -0.320 e. The zero-order chi connectivity index (χ0) is 22.3. The van der Waals surface area contributed by atoms with Gasteiger partial charge in [0.25, 0.3) is 5.56 Å². The third-order valence-electron chi connectivity index (χ3n) is 6.17. The fraction of sp³-hybridized carbons (Fsp3) is 0.292. The Kier molecular flexibility index (Phi) is 5.27. The molecule has 1 fully saturated rings. The van der Waals surface area contributed by atoms with Crippen molar-refractivity contribution >= 4 is 23.2 Å². The number of nitrogens with one attached hydrogen (secondary N) is 1. The van der Waals surface area contributed by atoms with Crippen LogP contribution in [0.5, 0.6) is 0 Å². The van der Waals surface area contributed by atoms with E-state index in [1.807, 2.05) is 62.4 Å². The number of benzene rings is 2. The summed E-state index contributed by atoms with van der Waals surface area (Å²) >= 11 is 0. The summed E-state index contributed by atoms with van der Waals surface area (Å²) in [6.45, 7) is 6.07. The van der Waals surface area contributed by atoms with E-state index in [0.717, 1.165) is 22.5 Å². The normalized spacial score (nSPS) is 16.1. The molecule has 7 nitrogen and oxygen atoms in total. The molecular formula is C24H26N4O3. The van der Waals surface area contributed by atoms with Crippen LogP contribution in [0.4, 0.5) is 11.4 Å². The minimum atomic E-state index is -0.517. The fourth-order valence-corrected chi connectivity index (χ4v) is 4.08. The van der Waals surface area contributed by atoms with Crippen molar-refractivity contribution < 1.29 is 9.59 Å². The highest BCUT2D eigenvalue weighted by atomic mass is 16.2. The number of rotatable bonds is 4. The van der Waals surface area contributed by atoms with E-state index >= 15 is 0 Å². The van der Waals surface area contributed by atoms with E-state index < -0.39 is 5.92 Å². The van der Waals surface area contributed by atoms with E-state index in [9.17, 15) is 14.4 Å². The first-order chi connectivity index (χ1) is 14.8. The van der Waals surface area contributed by atoms with Crippen molar-refractivity contribution in [1.82, 2.24) is 9.36 Å². The molecule has 1 unspecified atom stereocenters. The first kappa shape index (κ1) is 20.7. The largest absolute Gasteiger partial charge is 0.320 e. The maximum atomic E-state index is 13.0. The molecule has 1 aliphatic rings. The summed E-state index contributed by atoms with van der Waals surface area (Å²) in [7, 11) is 1.78.